The molecule has 3 heterocycles. The highest BCUT2D eigenvalue weighted by atomic mass is 32.1. The fourth-order valence-corrected chi connectivity index (χ4v) is 4.79. The Morgan fingerprint density at radius 1 is 1.25 bits per heavy atom. The summed E-state index contributed by atoms with van der Waals surface area (Å²) in [5, 5.41) is 10.2. The fourth-order valence-electron chi connectivity index (χ4n) is 3.58. The van der Waals surface area contributed by atoms with Gasteiger partial charge in [-0.25, -0.2) is 9.78 Å². The monoisotopic (exact) mass is 400 g/mol. The largest absolute Gasteiger partial charge is 0.495 e. The van der Waals surface area contributed by atoms with Crippen LogP contribution in [0.3, 0.4) is 0 Å². The van der Waals surface area contributed by atoms with E-state index in [1.165, 1.54) is 4.90 Å². The lowest BCUT2D eigenvalue weighted by atomic mass is 9.75. The van der Waals surface area contributed by atoms with E-state index in [9.17, 15) is 9.90 Å². The van der Waals surface area contributed by atoms with E-state index in [0.717, 1.165) is 32.2 Å². The minimum atomic E-state index is -0.875. The predicted octanol–water partition coefficient (Wildman–Crippen LogP) is 3.45. The summed E-state index contributed by atoms with van der Waals surface area (Å²) >= 11 is 1.58. The van der Waals surface area contributed by atoms with Crippen molar-refractivity contribution in [3.05, 3.63) is 34.3 Å². The van der Waals surface area contributed by atoms with Crippen LogP contribution in [-0.4, -0.2) is 45.9 Å². The molecule has 6 nitrogen and oxygen atoms in total. The van der Waals surface area contributed by atoms with Gasteiger partial charge in [0.2, 0.25) is 0 Å². The zero-order chi connectivity index (χ0) is 20.3. The molecule has 1 saturated heterocycles. The van der Waals surface area contributed by atoms with Crippen LogP contribution in [0.4, 0.5) is 4.79 Å². The van der Waals surface area contributed by atoms with Crippen molar-refractivity contribution in [2.24, 2.45) is 0 Å². The first-order chi connectivity index (χ1) is 13.1. The Morgan fingerprint density at radius 2 is 1.93 bits per heavy atom. The quantitative estimate of drug-likeness (QED) is 0.782. The molecule has 0 aliphatic carbocycles. The van der Waals surface area contributed by atoms with Crippen molar-refractivity contribution in [3.8, 4) is 10.6 Å². The van der Waals surface area contributed by atoms with Gasteiger partial charge in [-0.15, -0.1) is 11.3 Å². The van der Waals surface area contributed by atoms with Gasteiger partial charge in [-0.1, -0.05) is 18.2 Å². The van der Waals surface area contributed by atoms with Crippen LogP contribution in [0.15, 0.2) is 18.2 Å². The molecular formula is C20H25BN2O4S. The zero-order valence-corrected chi connectivity index (χ0v) is 17.7. The number of hydrogen-bond acceptors (Lipinski definition) is 5. The summed E-state index contributed by atoms with van der Waals surface area (Å²) < 4.78 is 12.5. The molecule has 0 bridgehead atoms. The second kappa shape index (κ2) is 6.57. The van der Waals surface area contributed by atoms with E-state index >= 15 is 0 Å². The lowest BCUT2D eigenvalue weighted by Crippen LogP contribution is -2.41. The molecule has 28 heavy (non-hydrogen) atoms. The number of amides is 1. The average molecular weight is 400 g/mol. The average Bonchev–Trinajstić information content (AvgIpc) is 3.12. The van der Waals surface area contributed by atoms with E-state index in [2.05, 4.69) is 40.7 Å². The normalized spacial score (nSPS) is 20.3. The SMILES string of the molecule is Cc1c(B2OC(C)(C)C(C)(C)O2)cccc1-c1nc2c(s1)CN(C(=O)O)CC2. The van der Waals surface area contributed by atoms with Crippen LogP contribution in [0.5, 0.6) is 0 Å². The van der Waals surface area contributed by atoms with Gasteiger partial charge in [0, 0.05) is 23.4 Å². The second-order valence-electron chi connectivity index (χ2n) is 8.45. The summed E-state index contributed by atoms with van der Waals surface area (Å²) in [6.07, 6.45) is -0.215. The van der Waals surface area contributed by atoms with Gasteiger partial charge in [-0.3, -0.25) is 0 Å². The number of benzene rings is 1. The van der Waals surface area contributed by atoms with Crippen molar-refractivity contribution in [1.29, 1.82) is 0 Å². The zero-order valence-electron chi connectivity index (χ0n) is 16.9. The molecule has 8 heteroatoms. The maximum absolute atomic E-state index is 11.3. The van der Waals surface area contributed by atoms with Crippen molar-refractivity contribution >= 4 is 30.0 Å². The molecule has 1 fully saturated rings. The first kappa shape index (κ1) is 19.4. The van der Waals surface area contributed by atoms with Gasteiger partial charge < -0.3 is 19.3 Å². The number of hydrogen-bond donors (Lipinski definition) is 1. The highest BCUT2D eigenvalue weighted by molar-refractivity contribution is 7.15. The Hall–Kier alpha value is -1.90. The van der Waals surface area contributed by atoms with Crippen molar-refractivity contribution in [2.75, 3.05) is 6.54 Å². The van der Waals surface area contributed by atoms with Crippen molar-refractivity contribution < 1.29 is 19.2 Å². The minimum Gasteiger partial charge on any atom is -0.465 e. The molecule has 1 amide bonds. The van der Waals surface area contributed by atoms with E-state index in [0.29, 0.717) is 19.5 Å². The molecule has 0 spiro atoms. The molecule has 0 unspecified atom stereocenters. The first-order valence-corrected chi connectivity index (χ1v) is 10.3. The van der Waals surface area contributed by atoms with Gasteiger partial charge >= 0.3 is 13.2 Å². The summed E-state index contributed by atoms with van der Waals surface area (Å²) in [7, 11) is -0.415. The molecule has 1 aromatic carbocycles. The van der Waals surface area contributed by atoms with Crippen LogP contribution in [0, 0.1) is 6.92 Å². The third kappa shape index (κ3) is 3.13. The number of aromatic nitrogens is 1. The van der Waals surface area contributed by atoms with Gasteiger partial charge in [-0.2, -0.15) is 0 Å². The van der Waals surface area contributed by atoms with Gasteiger partial charge in [0.05, 0.1) is 23.4 Å². The van der Waals surface area contributed by atoms with Crippen molar-refractivity contribution in [2.45, 2.75) is 58.8 Å². The Bertz CT molecular complexity index is 924. The number of fused-ring (bicyclic) bond motifs is 1. The highest BCUT2D eigenvalue weighted by Gasteiger charge is 2.52. The van der Waals surface area contributed by atoms with E-state index < -0.39 is 13.2 Å². The van der Waals surface area contributed by atoms with Crippen LogP contribution in [0.25, 0.3) is 10.6 Å². The van der Waals surface area contributed by atoms with Gasteiger partial charge in [-0.05, 0) is 45.6 Å². The van der Waals surface area contributed by atoms with Gasteiger partial charge in [0.15, 0.2) is 0 Å². The number of rotatable bonds is 2. The Kier molecular flexibility index (Phi) is 4.56. The van der Waals surface area contributed by atoms with Crippen LogP contribution in [-0.2, 0) is 22.3 Å². The molecule has 0 radical (unpaired) electrons. The Morgan fingerprint density at radius 3 is 2.57 bits per heavy atom. The molecule has 2 aliphatic heterocycles. The molecule has 2 aromatic rings. The Balaban J connectivity index is 1.67. The summed E-state index contributed by atoms with van der Waals surface area (Å²) in [6.45, 7) is 11.2. The molecular weight excluding hydrogens is 375 g/mol. The number of carboxylic acid groups (broad SMARTS) is 1. The van der Waals surface area contributed by atoms with Gasteiger partial charge in [0.25, 0.3) is 0 Å². The summed E-state index contributed by atoms with van der Waals surface area (Å²) in [5.41, 5.74) is 3.38. The molecule has 2 aliphatic rings. The van der Waals surface area contributed by atoms with E-state index in [-0.39, 0.29) is 11.2 Å². The lowest BCUT2D eigenvalue weighted by Gasteiger charge is -2.32. The van der Waals surface area contributed by atoms with Crippen LogP contribution < -0.4 is 5.46 Å². The summed E-state index contributed by atoms with van der Waals surface area (Å²) in [4.78, 5) is 18.6. The third-order valence-corrected chi connectivity index (χ3v) is 7.23. The van der Waals surface area contributed by atoms with E-state index in [1.807, 2.05) is 12.1 Å². The lowest BCUT2D eigenvalue weighted by molar-refractivity contribution is 0.00578. The fraction of sp³-hybridized carbons (Fsp3) is 0.500. The second-order valence-corrected chi connectivity index (χ2v) is 9.53. The molecule has 1 N–H and O–H groups in total. The summed E-state index contributed by atoms with van der Waals surface area (Å²) in [6, 6.07) is 6.11. The van der Waals surface area contributed by atoms with Crippen LogP contribution >= 0.6 is 11.3 Å². The standard InChI is InChI=1S/C20H25BN2O4S/c1-12-13(17-22-15-9-10-23(18(24)25)11-16(15)28-17)7-6-8-14(12)21-26-19(2,3)20(4,5)27-21/h6-8H,9-11H2,1-5H3,(H,24,25). The number of nitrogens with zero attached hydrogens (tertiary/aromatic N) is 2. The topological polar surface area (TPSA) is 71.9 Å². The number of carbonyl (C=O) groups is 1. The van der Waals surface area contributed by atoms with E-state index in [4.69, 9.17) is 14.3 Å². The van der Waals surface area contributed by atoms with Crippen molar-refractivity contribution in [3.63, 3.8) is 0 Å². The molecule has 4 rings (SSSR count). The molecule has 0 saturated carbocycles. The maximum Gasteiger partial charge on any atom is 0.495 e. The predicted molar refractivity (Wildman–Crippen MR) is 110 cm³/mol. The summed E-state index contributed by atoms with van der Waals surface area (Å²) in [5.74, 6) is 0. The third-order valence-electron chi connectivity index (χ3n) is 6.12. The van der Waals surface area contributed by atoms with Gasteiger partial charge in [0.1, 0.15) is 5.01 Å². The number of thiazole rings is 1. The molecule has 1 aromatic heterocycles. The first-order valence-electron chi connectivity index (χ1n) is 9.51. The van der Waals surface area contributed by atoms with E-state index in [1.54, 1.807) is 11.3 Å². The van der Waals surface area contributed by atoms with Crippen molar-refractivity contribution in [1.82, 2.24) is 9.88 Å². The molecule has 0 atom stereocenters. The Labute approximate surface area is 169 Å². The van der Waals surface area contributed by atoms with Crippen LogP contribution in [0.2, 0.25) is 0 Å². The van der Waals surface area contributed by atoms with Crippen LogP contribution in [0.1, 0.15) is 43.8 Å². The smallest absolute Gasteiger partial charge is 0.465 e. The minimum absolute atomic E-state index is 0.388. The highest BCUT2D eigenvalue weighted by Crippen LogP contribution is 2.38. The maximum atomic E-state index is 11.3. The molecule has 148 valence electrons.